The van der Waals surface area contributed by atoms with E-state index in [1.165, 1.54) is 57.7 Å². The third kappa shape index (κ3) is 3.30. The topological polar surface area (TPSA) is 6.48 Å². The Bertz CT molecular complexity index is 382. The number of para-hydroxylation sites is 1. The highest BCUT2D eigenvalue weighted by molar-refractivity contribution is 5.46. The molecule has 0 aromatic heterocycles. The zero-order chi connectivity index (χ0) is 13.1. The van der Waals surface area contributed by atoms with E-state index in [0.29, 0.717) is 0 Å². The lowest BCUT2D eigenvalue weighted by atomic mass is 10.1. The van der Waals surface area contributed by atoms with E-state index >= 15 is 0 Å². The average molecular weight is 258 g/mol. The molecule has 2 nitrogen and oxygen atoms in total. The summed E-state index contributed by atoms with van der Waals surface area (Å²) in [5.74, 6) is 1.94. The molecule has 1 saturated heterocycles. The van der Waals surface area contributed by atoms with Gasteiger partial charge in [-0.25, -0.2) is 0 Å². The Morgan fingerprint density at radius 1 is 1.00 bits per heavy atom. The number of rotatable bonds is 3. The molecule has 1 aromatic rings. The van der Waals surface area contributed by atoms with Crippen LogP contribution in [0.5, 0.6) is 0 Å². The van der Waals surface area contributed by atoms with Crippen LogP contribution in [-0.2, 0) is 0 Å². The molecule has 0 N–H and O–H groups in total. The molecule has 2 heteroatoms. The summed E-state index contributed by atoms with van der Waals surface area (Å²) in [7, 11) is 0. The van der Waals surface area contributed by atoms with E-state index in [1.54, 1.807) is 0 Å². The van der Waals surface area contributed by atoms with Crippen LogP contribution in [-0.4, -0.2) is 37.6 Å². The van der Waals surface area contributed by atoms with Gasteiger partial charge in [0.1, 0.15) is 0 Å². The normalized spacial score (nSPS) is 28.8. The number of anilines is 1. The van der Waals surface area contributed by atoms with E-state index in [0.717, 1.165) is 11.8 Å². The van der Waals surface area contributed by atoms with Gasteiger partial charge in [0, 0.05) is 38.4 Å². The lowest BCUT2D eigenvalue weighted by Gasteiger charge is -2.37. The number of piperazine rings is 1. The van der Waals surface area contributed by atoms with Crippen molar-refractivity contribution in [1.82, 2.24) is 4.90 Å². The SMILES string of the molecule is CC1CCC(CN2CCN(c3ccccc3)CC2)C1. The highest BCUT2D eigenvalue weighted by Gasteiger charge is 2.25. The summed E-state index contributed by atoms with van der Waals surface area (Å²) in [4.78, 5) is 5.20. The minimum Gasteiger partial charge on any atom is -0.369 e. The Labute approximate surface area is 117 Å². The van der Waals surface area contributed by atoms with Gasteiger partial charge in [-0.1, -0.05) is 31.5 Å². The molecule has 0 radical (unpaired) electrons. The standard InChI is InChI=1S/C17H26N2/c1-15-7-8-16(13-15)14-18-9-11-19(12-10-18)17-5-3-2-4-6-17/h2-6,15-16H,7-14H2,1H3. The molecule has 1 aliphatic heterocycles. The van der Waals surface area contributed by atoms with Gasteiger partial charge in [0.15, 0.2) is 0 Å². The van der Waals surface area contributed by atoms with Gasteiger partial charge in [-0.3, -0.25) is 4.90 Å². The summed E-state index contributed by atoms with van der Waals surface area (Å²) in [6, 6.07) is 10.8. The maximum Gasteiger partial charge on any atom is 0.0367 e. The summed E-state index contributed by atoms with van der Waals surface area (Å²) in [5, 5.41) is 0. The van der Waals surface area contributed by atoms with Crippen LogP contribution in [0.2, 0.25) is 0 Å². The molecular weight excluding hydrogens is 232 g/mol. The molecule has 1 aliphatic carbocycles. The van der Waals surface area contributed by atoms with E-state index in [9.17, 15) is 0 Å². The minimum atomic E-state index is 0.968. The van der Waals surface area contributed by atoms with Gasteiger partial charge in [0.05, 0.1) is 0 Å². The second kappa shape index (κ2) is 5.96. The minimum absolute atomic E-state index is 0.968. The summed E-state index contributed by atoms with van der Waals surface area (Å²) >= 11 is 0. The molecule has 1 heterocycles. The van der Waals surface area contributed by atoms with Gasteiger partial charge >= 0.3 is 0 Å². The van der Waals surface area contributed by atoms with Crippen molar-refractivity contribution in [2.24, 2.45) is 11.8 Å². The van der Waals surface area contributed by atoms with Gasteiger partial charge in [0.25, 0.3) is 0 Å². The molecule has 3 rings (SSSR count). The Kier molecular flexibility index (Phi) is 4.07. The lowest BCUT2D eigenvalue weighted by molar-refractivity contribution is 0.218. The number of nitrogens with zero attached hydrogens (tertiary/aromatic N) is 2. The molecule has 0 spiro atoms. The zero-order valence-corrected chi connectivity index (χ0v) is 12.1. The largest absolute Gasteiger partial charge is 0.369 e. The van der Waals surface area contributed by atoms with Crippen LogP contribution in [0.25, 0.3) is 0 Å². The predicted octanol–water partition coefficient (Wildman–Crippen LogP) is 3.24. The highest BCUT2D eigenvalue weighted by atomic mass is 15.3. The second-order valence-corrected chi connectivity index (χ2v) is 6.41. The van der Waals surface area contributed by atoms with Gasteiger partial charge in [-0.2, -0.15) is 0 Å². The van der Waals surface area contributed by atoms with Crippen LogP contribution in [0.1, 0.15) is 26.2 Å². The first kappa shape index (κ1) is 13.0. The van der Waals surface area contributed by atoms with Crippen molar-refractivity contribution in [2.75, 3.05) is 37.6 Å². The van der Waals surface area contributed by atoms with Crippen molar-refractivity contribution >= 4 is 5.69 Å². The third-order valence-corrected chi connectivity index (χ3v) is 4.81. The van der Waals surface area contributed by atoms with E-state index in [4.69, 9.17) is 0 Å². The molecule has 104 valence electrons. The maximum atomic E-state index is 2.68. The summed E-state index contributed by atoms with van der Waals surface area (Å²) in [5.41, 5.74) is 1.39. The Morgan fingerprint density at radius 3 is 2.37 bits per heavy atom. The van der Waals surface area contributed by atoms with Crippen LogP contribution >= 0.6 is 0 Å². The number of benzene rings is 1. The lowest BCUT2D eigenvalue weighted by Crippen LogP contribution is -2.47. The summed E-state index contributed by atoms with van der Waals surface area (Å²) in [6.45, 7) is 8.60. The molecule has 1 aromatic carbocycles. The Balaban J connectivity index is 1.47. The molecule has 2 unspecified atom stereocenters. The zero-order valence-electron chi connectivity index (χ0n) is 12.1. The average Bonchev–Trinajstić information content (AvgIpc) is 2.86. The van der Waals surface area contributed by atoms with Crippen LogP contribution in [0.3, 0.4) is 0 Å². The van der Waals surface area contributed by atoms with Crippen molar-refractivity contribution in [2.45, 2.75) is 26.2 Å². The fourth-order valence-electron chi connectivity index (χ4n) is 3.68. The van der Waals surface area contributed by atoms with E-state index in [1.807, 2.05) is 0 Å². The van der Waals surface area contributed by atoms with Crippen LogP contribution < -0.4 is 4.90 Å². The van der Waals surface area contributed by atoms with Crippen molar-refractivity contribution in [3.05, 3.63) is 30.3 Å². The molecule has 2 fully saturated rings. The predicted molar refractivity (Wildman–Crippen MR) is 81.6 cm³/mol. The second-order valence-electron chi connectivity index (χ2n) is 6.41. The molecule has 2 atom stereocenters. The maximum absolute atomic E-state index is 2.68. The fourth-order valence-corrected chi connectivity index (χ4v) is 3.68. The third-order valence-electron chi connectivity index (χ3n) is 4.81. The molecule has 2 aliphatic rings. The Morgan fingerprint density at radius 2 is 1.74 bits per heavy atom. The van der Waals surface area contributed by atoms with Gasteiger partial charge in [0.2, 0.25) is 0 Å². The molecule has 0 amide bonds. The van der Waals surface area contributed by atoms with Crippen LogP contribution in [0.4, 0.5) is 5.69 Å². The van der Waals surface area contributed by atoms with E-state index in [2.05, 4.69) is 47.1 Å². The van der Waals surface area contributed by atoms with E-state index < -0.39 is 0 Å². The van der Waals surface area contributed by atoms with E-state index in [-0.39, 0.29) is 0 Å². The van der Waals surface area contributed by atoms with Gasteiger partial charge in [-0.15, -0.1) is 0 Å². The fraction of sp³-hybridized carbons (Fsp3) is 0.647. The van der Waals surface area contributed by atoms with Crippen molar-refractivity contribution in [3.63, 3.8) is 0 Å². The smallest absolute Gasteiger partial charge is 0.0367 e. The number of hydrogen-bond donors (Lipinski definition) is 0. The monoisotopic (exact) mass is 258 g/mol. The Hall–Kier alpha value is -1.02. The van der Waals surface area contributed by atoms with Crippen molar-refractivity contribution in [3.8, 4) is 0 Å². The first-order valence-corrected chi connectivity index (χ1v) is 7.83. The first-order valence-electron chi connectivity index (χ1n) is 7.83. The number of hydrogen-bond acceptors (Lipinski definition) is 2. The summed E-state index contributed by atoms with van der Waals surface area (Å²) in [6.07, 6.45) is 4.37. The van der Waals surface area contributed by atoms with Crippen molar-refractivity contribution in [1.29, 1.82) is 0 Å². The first-order chi connectivity index (χ1) is 9.31. The molecule has 1 saturated carbocycles. The van der Waals surface area contributed by atoms with Crippen LogP contribution in [0, 0.1) is 11.8 Å². The molecule has 19 heavy (non-hydrogen) atoms. The van der Waals surface area contributed by atoms with Crippen molar-refractivity contribution < 1.29 is 0 Å². The summed E-state index contributed by atoms with van der Waals surface area (Å²) < 4.78 is 0. The van der Waals surface area contributed by atoms with Gasteiger partial charge < -0.3 is 4.90 Å². The van der Waals surface area contributed by atoms with Gasteiger partial charge in [-0.05, 0) is 36.8 Å². The van der Waals surface area contributed by atoms with Crippen LogP contribution in [0.15, 0.2) is 30.3 Å². The highest BCUT2D eigenvalue weighted by Crippen LogP contribution is 2.31. The molecular formula is C17H26N2. The molecule has 0 bridgehead atoms. The quantitative estimate of drug-likeness (QED) is 0.821.